The van der Waals surface area contributed by atoms with Crippen LogP contribution in [0.5, 0.6) is 0 Å². The van der Waals surface area contributed by atoms with Crippen LogP contribution in [0.4, 0.5) is 0 Å². The van der Waals surface area contributed by atoms with E-state index in [1.165, 1.54) is 14.2 Å². The number of methoxy groups -OCH3 is 2. The van der Waals surface area contributed by atoms with Gasteiger partial charge in [0.2, 0.25) is 0 Å². The lowest BCUT2D eigenvalue weighted by Crippen LogP contribution is -2.13. The van der Waals surface area contributed by atoms with Gasteiger partial charge in [0.25, 0.3) is 0 Å². The summed E-state index contributed by atoms with van der Waals surface area (Å²) in [6.45, 7) is 0. The summed E-state index contributed by atoms with van der Waals surface area (Å²) in [5, 5.41) is 1.56. The van der Waals surface area contributed by atoms with Gasteiger partial charge in [-0.2, -0.15) is 0 Å². The summed E-state index contributed by atoms with van der Waals surface area (Å²) < 4.78 is 14.0. The van der Waals surface area contributed by atoms with Crippen LogP contribution < -0.4 is 0 Å². The van der Waals surface area contributed by atoms with Crippen LogP contribution in [0.3, 0.4) is 0 Å². The number of nitrogens with zero attached hydrogens (tertiary/aromatic N) is 2. The standard InChI is InChI=1S/C22H20N2O4/c1-23-11-7-10-16(23)14-12-15(21(25)27-3)19(22(26)28-4)18-13-8-5-6-9-17(13)24(2)20(14)18/h5-12H,1-4H3. The number of para-hydroxylation sites is 1. The van der Waals surface area contributed by atoms with E-state index in [2.05, 4.69) is 0 Å². The lowest BCUT2D eigenvalue weighted by atomic mass is 9.95. The van der Waals surface area contributed by atoms with E-state index in [4.69, 9.17) is 9.47 Å². The van der Waals surface area contributed by atoms with Gasteiger partial charge in [0, 0.05) is 47.8 Å². The van der Waals surface area contributed by atoms with Gasteiger partial charge in [-0.05, 0) is 24.3 Å². The molecule has 2 aromatic carbocycles. The monoisotopic (exact) mass is 376 g/mol. The van der Waals surface area contributed by atoms with Gasteiger partial charge in [-0.15, -0.1) is 0 Å². The normalized spacial score (nSPS) is 11.1. The third kappa shape index (κ3) is 2.41. The maximum absolute atomic E-state index is 12.7. The number of carbonyl (C=O) groups excluding carboxylic acids is 2. The maximum atomic E-state index is 12.7. The molecule has 6 nitrogen and oxygen atoms in total. The number of hydrogen-bond donors (Lipinski definition) is 0. The van der Waals surface area contributed by atoms with Crippen molar-refractivity contribution in [2.24, 2.45) is 14.1 Å². The second-order valence-corrected chi connectivity index (χ2v) is 6.63. The van der Waals surface area contributed by atoms with Crippen molar-refractivity contribution in [1.82, 2.24) is 9.13 Å². The molecule has 4 aromatic rings. The van der Waals surface area contributed by atoms with Crippen LogP contribution in [-0.4, -0.2) is 35.3 Å². The molecule has 0 saturated heterocycles. The second kappa shape index (κ2) is 6.56. The lowest BCUT2D eigenvalue weighted by molar-refractivity contribution is 0.0557. The average molecular weight is 376 g/mol. The Labute approximate surface area is 161 Å². The zero-order valence-corrected chi connectivity index (χ0v) is 16.1. The molecule has 0 saturated carbocycles. The molecule has 0 spiro atoms. The number of esters is 2. The zero-order valence-electron chi connectivity index (χ0n) is 16.1. The Kier molecular flexibility index (Phi) is 4.19. The molecule has 0 unspecified atom stereocenters. The number of aromatic nitrogens is 2. The number of carbonyl (C=O) groups is 2. The fraction of sp³-hybridized carbons (Fsp3) is 0.182. The van der Waals surface area contributed by atoms with Gasteiger partial charge in [-0.1, -0.05) is 18.2 Å². The Morgan fingerprint density at radius 2 is 1.64 bits per heavy atom. The zero-order chi connectivity index (χ0) is 20.0. The first-order chi connectivity index (χ1) is 13.5. The number of hydrogen-bond acceptors (Lipinski definition) is 4. The summed E-state index contributed by atoms with van der Waals surface area (Å²) in [5.41, 5.74) is 4.00. The van der Waals surface area contributed by atoms with Gasteiger partial charge in [-0.25, -0.2) is 9.59 Å². The van der Waals surface area contributed by atoms with Gasteiger partial charge < -0.3 is 18.6 Å². The topological polar surface area (TPSA) is 62.5 Å². The Bertz CT molecular complexity index is 1250. The number of fused-ring (bicyclic) bond motifs is 3. The molecule has 0 fully saturated rings. The largest absolute Gasteiger partial charge is 0.465 e. The van der Waals surface area contributed by atoms with Gasteiger partial charge in [0.05, 0.1) is 30.9 Å². The molecule has 0 bridgehead atoms. The van der Waals surface area contributed by atoms with Crippen molar-refractivity contribution in [3.05, 3.63) is 59.8 Å². The third-order valence-corrected chi connectivity index (χ3v) is 5.18. The van der Waals surface area contributed by atoms with E-state index in [0.717, 1.165) is 27.7 Å². The molecular weight excluding hydrogens is 356 g/mol. The molecule has 0 aliphatic heterocycles. The highest BCUT2D eigenvalue weighted by molar-refractivity contribution is 6.24. The van der Waals surface area contributed by atoms with Gasteiger partial charge in [0.15, 0.2) is 0 Å². The molecule has 0 aliphatic rings. The minimum absolute atomic E-state index is 0.189. The van der Waals surface area contributed by atoms with Crippen molar-refractivity contribution in [1.29, 1.82) is 0 Å². The fourth-order valence-corrected chi connectivity index (χ4v) is 3.90. The van der Waals surface area contributed by atoms with Crippen LogP contribution in [0, 0.1) is 0 Å². The molecule has 2 heterocycles. The van der Waals surface area contributed by atoms with E-state index in [1.54, 1.807) is 6.07 Å². The number of benzene rings is 2. The van der Waals surface area contributed by atoms with Crippen molar-refractivity contribution < 1.29 is 19.1 Å². The van der Waals surface area contributed by atoms with E-state index in [-0.39, 0.29) is 11.1 Å². The summed E-state index contributed by atoms with van der Waals surface area (Å²) in [6, 6.07) is 13.4. The van der Waals surface area contributed by atoms with Crippen LogP contribution in [0.15, 0.2) is 48.7 Å². The van der Waals surface area contributed by atoms with E-state index in [9.17, 15) is 9.59 Å². The summed E-state index contributed by atoms with van der Waals surface area (Å²) in [7, 11) is 6.51. The van der Waals surface area contributed by atoms with Crippen molar-refractivity contribution in [3.8, 4) is 11.3 Å². The summed E-state index contributed by atoms with van der Waals surface area (Å²) in [4.78, 5) is 25.3. The molecule has 0 amide bonds. The van der Waals surface area contributed by atoms with Crippen molar-refractivity contribution >= 4 is 33.7 Å². The van der Waals surface area contributed by atoms with Crippen LogP contribution in [0.2, 0.25) is 0 Å². The third-order valence-electron chi connectivity index (χ3n) is 5.18. The summed E-state index contributed by atoms with van der Waals surface area (Å²) in [5.74, 6) is -1.15. The van der Waals surface area contributed by atoms with Crippen molar-refractivity contribution in [2.45, 2.75) is 0 Å². The van der Waals surface area contributed by atoms with Gasteiger partial charge >= 0.3 is 11.9 Å². The van der Waals surface area contributed by atoms with Gasteiger partial charge in [0.1, 0.15) is 0 Å². The minimum atomic E-state index is -0.578. The minimum Gasteiger partial charge on any atom is -0.465 e. The highest BCUT2D eigenvalue weighted by atomic mass is 16.5. The highest BCUT2D eigenvalue weighted by Gasteiger charge is 2.28. The van der Waals surface area contributed by atoms with Crippen LogP contribution in [0.25, 0.3) is 33.1 Å². The Balaban J connectivity index is 2.30. The van der Waals surface area contributed by atoms with E-state index in [0.29, 0.717) is 5.39 Å². The van der Waals surface area contributed by atoms with Crippen LogP contribution >= 0.6 is 0 Å². The Hall–Kier alpha value is -3.54. The number of ether oxygens (including phenoxy) is 2. The van der Waals surface area contributed by atoms with E-state index >= 15 is 0 Å². The molecule has 0 radical (unpaired) electrons. The Morgan fingerprint density at radius 1 is 0.929 bits per heavy atom. The molecule has 28 heavy (non-hydrogen) atoms. The van der Waals surface area contributed by atoms with Crippen molar-refractivity contribution in [2.75, 3.05) is 14.2 Å². The molecule has 0 N–H and O–H groups in total. The second-order valence-electron chi connectivity index (χ2n) is 6.63. The van der Waals surface area contributed by atoms with Crippen LogP contribution in [-0.2, 0) is 23.6 Å². The first-order valence-corrected chi connectivity index (χ1v) is 8.82. The molecule has 2 aromatic heterocycles. The Morgan fingerprint density at radius 3 is 2.29 bits per heavy atom. The quantitative estimate of drug-likeness (QED) is 0.509. The maximum Gasteiger partial charge on any atom is 0.339 e. The van der Waals surface area contributed by atoms with E-state index in [1.807, 2.05) is 65.8 Å². The molecule has 142 valence electrons. The predicted octanol–water partition coefficient (Wildman–Crippen LogP) is 3.91. The van der Waals surface area contributed by atoms with Crippen LogP contribution in [0.1, 0.15) is 20.7 Å². The average Bonchev–Trinajstić information content (AvgIpc) is 3.28. The van der Waals surface area contributed by atoms with Gasteiger partial charge in [-0.3, -0.25) is 0 Å². The highest BCUT2D eigenvalue weighted by Crippen LogP contribution is 2.39. The molecule has 0 aliphatic carbocycles. The molecule has 4 rings (SSSR count). The first kappa shape index (κ1) is 17.9. The van der Waals surface area contributed by atoms with Crippen molar-refractivity contribution in [3.63, 3.8) is 0 Å². The first-order valence-electron chi connectivity index (χ1n) is 8.82. The SMILES string of the molecule is COC(=O)c1cc(-c2cccn2C)c2c(c1C(=O)OC)c1ccccc1n2C. The summed E-state index contributed by atoms with van der Waals surface area (Å²) >= 11 is 0. The number of aryl methyl sites for hydroxylation is 2. The fourth-order valence-electron chi connectivity index (χ4n) is 3.90. The van der Waals surface area contributed by atoms with E-state index < -0.39 is 11.9 Å². The molecular formula is C22H20N2O4. The predicted molar refractivity (Wildman–Crippen MR) is 108 cm³/mol. The molecule has 0 atom stereocenters. The lowest BCUT2D eigenvalue weighted by Gasteiger charge is -2.14. The molecule has 6 heteroatoms. The summed E-state index contributed by atoms with van der Waals surface area (Å²) in [6.07, 6.45) is 1.94. The smallest absolute Gasteiger partial charge is 0.339 e. The number of rotatable bonds is 3.